The van der Waals surface area contributed by atoms with Crippen molar-refractivity contribution in [3.05, 3.63) is 71.8 Å². The maximum absolute atomic E-state index is 12.9. The second kappa shape index (κ2) is 6.42. The van der Waals surface area contributed by atoms with E-state index in [1.54, 1.807) is 36.4 Å². The minimum absolute atomic E-state index is 0.161. The van der Waals surface area contributed by atoms with Crippen LogP contribution >= 0.6 is 0 Å². The summed E-state index contributed by atoms with van der Waals surface area (Å²) in [5.74, 6) is -0.295. The fourth-order valence-corrected chi connectivity index (χ4v) is 2.25. The maximum atomic E-state index is 12.9. The Morgan fingerprint density at radius 2 is 1.45 bits per heavy atom. The summed E-state index contributed by atoms with van der Waals surface area (Å²) < 4.78 is 0. The lowest BCUT2D eigenvalue weighted by atomic mass is 9.85. The van der Waals surface area contributed by atoms with Crippen LogP contribution in [-0.2, 0) is 5.60 Å². The van der Waals surface area contributed by atoms with E-state index < -0.39 is 5.60 Å². The highest BCUT2D eigenvalue weighted by Gasteiger charge is 2.38. The van der Waals surface area contributed by atoms with Crippen molar-refractivity contribution in [2.45, 2.75) is 31.9 Å². The van der Waals surface area contributed by atoms with Gasteiger partial charge in [-0.1, -0.05) is 60.7 Å². The zero-order chi connectivity index (χ0) is 16.2. The Bertz CT molecular complexity index is 617. The van der Waals surface area contributed by atoms with E-state index in [1.165, 1.54) is 0 Å². The molecule has 0 spiro atoms. The molecule has 0 heterocycles. The molecule has 2 N–H and O–H groups in total. The Labute approximate surface area is 132 Å². The molecular weight excluding hydrogens is 274 g/mol. The second-order valence-corrected chi connectivity index (χ2v) is 6.53. The molecule has 0 saturated heterocycles. The lowest BCUT2D eigenvalue weighted by Gasteiger charge is -2.32. The first kappa shape index (κ1) is 16.4. The fraction of sp³-hybridized carbons (Fsp3) is 0.316. The number of Topliss-reactive ketones (excluding diaryl/α,β-unsaturated/α-hetero) is 1. The van der Waals surface area contributed by atoms with Gasteiger partial charge in [0.1, 0.15) is 0 Å². The minimum atomic E-state index is -1.59. The summed E-state index contributed by atoms with van der Waals surface area (Å²) in [5.41, 5.74) is -0.680. The number of carbonyl (C=O) groups is 1. The molecule has 2 rings (SSSR count). The van der Waals surface area contributed by atoms with Crippen molar-refractivity contribution < 1.29 is 9.90 Å². The quantitative estimate of drug-likeness (QED) is 0.834. The van der Waals surface area contributed by atoms with Crippen molar-refractivity contribution in [1.29, 1.82) is 0 Å². The largest absolute Gasteiger partial charge is 0.376 e. The van der Waals surface area contributed by atoms with E-state index in [9.17, 15) is 9.90 Å². The van der Waals surface area contributed by atoms with Crippen molar-refractivity contribution in [2.24, 2.45) is 0 Å². The van der Waals surface area contributed by atoms with Gasteiger partial charge in [0, 0.05) is 17.6 Å². The van der Waals surface area contributed by atoms with Gasteiger partial charge in [-0.25, -0.2) is 0 Å². The number of benzene rings is 2. The molecule has 0 bridgehead atoms. The number of ketones is 1. The highest BCUT2D eigenvalue weighted by Crippen LogP contribution is 2.26. The molecule has 0 aliphatic heterocycles. The Morgan fingerprint density at radius 1 is 0.955 bits per heavy atom. The van der Waals surface area contributed by atoms with Gasteiger partial charge in [0.2, 0.25) is 0 Å². The van der Waals surface area contributed by atoms with Crippen molar-refractivity contribution in [2.75, 3.05) is 6.54 Å². The number of β-amino-alcohol motifs (C(OH)–C–C–N with tert-alkyl or cyclic N) is 1. The third-order valence-corrected chi connectivity index (χ3v) is 3.54. The zero-order valence-electron chi connectivity index (χ0n) is 13.3. The van der Waals surface area contributed by atoms with E-state index in [0.29, 0.717) is 11.1 Å². The van der Waals surface area contributed by atoms with Crippen molar-refractivity contribution in [3.8, 4) is 0 Å². The molecule has 0 aliphatic carbocycles. The minimum Gasteiger partial charge on any atom is -0.376 e. The van der Waals surface area contributed by atoms with E-state index in [-0.39, 0.29) is 17.9 Å². The van der Waals surface area contributed by atoms with Gasteiger partial charge in [-0.3, -0.25) is 4.79 Å². The van der Waals surface area contributed by atoms with Gasteiger partial charge in [-0.05, 0) is 26.3 Å². The molecule has 3 nitrogen and oxygen atoms in total. The Kier molecular flexibility index (Phi) is 4.79. The van der Waals surface area contributed by atoms with Crippen LogP contribution in [0.25, 0.3) is 0 Å². The van der Waals surface area contributed by atoms with E-state index in [2.05, 4.69) is 5.32 Å². The van der Waals surface area contributed by atoms with Crippen LogP contribution in [0.2, 0.25) is 0 Å². The summed E-state index contributed by atoms with van der Waals surface area (Å²) in [5, 5.41) is 14.4. The summed E-state index contributed by atoms with van der Waals surface area (Å²) >= 11 is 0. The SMILES string of the molecule is CC(C)(C)NCC(O)(C(=O)c1ccccc1)c1ccccc1. The average molecular weight is 297 g/mol. The molecule has 1 unspecified atom stereocenters. The van der Waals surface area contributed by atoms with Crippen LogP contribution in [0.15, 0.2) is 60.7 Å². The molecule has 0 saturated carbocycles. The first-order valence-electron chi connectivity index (χ1n) is 7.46. The first-order chi connectivity index (χ1) is 10.3. The standard InChI is InChI=1S/C19H23NO2/c1-18(2,3)20-14-19(22,16-12-8-5-9-13-16)17(21)15-10-6-4-7-11-15/h4-13,20,22H,14H2,1-3H3. The van der Waals surface area contributed by atoms with Crippen LogP contribution in [0.3, 0.4) is 0 Å². The van der Waals surface area contributed by atoms with Crippen molar-refractivity contribution in [3.63, 3.8) is 0 Å². The van der Waals surface area contributed by atoms with Crippen molar-refractivity contribution in [1.82, 2.24) is 5.32 Å². The number of carbonyl (C=O) groups excluding carboxylic acids is 1. The smallest absolute Gasteiger partial charge is 0.200 e. The topological polar surface area (TPSA) is 49.3 Å². The van der Waals surface area contributed by atoms with Gasteiger partial charge in [0.15, 0.2) is 11.4 Å². The Morgan fingerprint density at radius 3 is 1.95 bits per heavy atom. The fourth-order valence-electron chi connectivity index (χ4n) is 2.25. The highest BCUT2D eigenvalue weighted by molar-refractivity contribution is 6.03. The third kappa shape index (κ3) is 3.81. The third-order valence-electron chi connectivity index (χ3n) is 3.54. The van der Waals surface area contributed by atoms with Crippen LogP contribution in [0, 0.1) is 0 Å². The monoisotopic (exact) mass is 297 g/mol. The van der Waals surface area contributed by atoms with Gasteiger partial charge >= 0.3 is 0 Å². The summed E-state index contributed by atoms with van der Waals surface area (Å²) in [6, 6.07) is 18.0. The molecule has 0 amide bonds. The van der Waals surface area contributed by atoms with Crippen LogP contribution < -0.4 is 5.32 Å². The molecule has 3 heteroatoms. The van der Waals surface area contributed by atoms with Crippen LogP contribution in [0.4, 0.5) is 0 Å². The number of nitrogens with one attached hydrogen (secondary N) is 1. The average Bonchev–Trinajstić information content (AvgIpc) is 2.53. The number of rotatable bonds is 5. The molecule has 0 radical (unpaired) electrons. The molecular formula is C19H23NO2. The molecule has 2 aromatic carbocycles. The molecule has 116 valence electrons. The summed E-state index contributed by atoms with van der Waals surface area (Å²) in [7, 11) is 0. The summed E-state index contributed by atoms with van der Waals surface area (Å²) in [6.07, 6.45) is 0. The van der Waals surface area contributed by atoms with Crippen LogP contribution in [-0.4, -0.2) is 23.0 Å². The maximum Gasteiger partial charge on any atom is 0.200 e. The van der Waals surface area contributed by atoms with Gasteiger partial charge in [0.05, 0.1) is 0 Å². The van der Waals surface area contributed by atoms with Gasteiger partial charge in [-0.2, -0.15) is 0 Å². The van der Waals surface area contributed by atoms with Gasteiger partial charge in [0.25, 0.3) is 0 Å². The normalized spacial score (nSPS) is 14.4. The molecule has 22 heavy (non-hydrogen) atoms. The van der Waals surface area contributed by atoms with E-state index in [1.807, 2.05) is 45.0 Å². The van der Waals surface area contributed by atoms with Gasteiger partial charge in [-0.15, -0.1) is 0 Å². The predicted octanol–water partition coefficient (Wildman–Crippen LogP) is 3.15. The predicted molar refractivity (Wildman–Crippen MR) is 88.9 cm³/mol. The zero-order valence-corrected chi connectivity index (χ0v) is 13.3. The highest BCUT2D eigenvalue weighted by atomic mass is 16.3. The van der Waals surface area contributed by atoms with E-state index >= 15 is 0 Å². The van der Waals surface area contributed by atoms with Crippen LogP contribution in [0.1, 0.15) is 36.7 Å². The van der Waals surface area contributed by atoms with Crippen LogP contribution in [0.5, 0.6) is 0 Å². The van der Waals surface area contributed by atoms with Gasteiger partial charge < -0.3 is 10.4 Å². The molecule has 0 aliphatic rings. The summed E-state index contributed by atoms with van der Waals surface area (Å²) in [6.45, 7) is 6.18. The Hall–Kier alpha value is -1.97. The molecule has 0 fully saturated rings. The molecule has 0 aromatic heterocycles. The van der Waals surface area contributed by atoms with Crippen molar-refractivity contribution >= 4 is 5.78 Å². The lowest BCUT2D eigenvalue weighted by Crippen LogP contribution is -2.50. The number of hydrogen-bond acceptors (Lipinski definition) is 3. The Balaban J connectivity index is 2.39. The van der Waals surface area contributed by atoms with E-state index in [4.69, 9.17) is 0 Å². The first-order valence-corrected chi connectivity index (χ1v) is 7.46. The number of hydrogen-bond donors (Lipinski definition) is 2. The second-order valence-electron chi connectivity index (χ2n) is 6.53. The number of aliphatic hydroxyl groups is 1. The molecule has 1 atom stereocenters. The lowest BCUT2D eigenvalue weighted by molar-refractivity contribution is 0.0269. The summed E-state index contributed by atoms with van der Waals surface area (Å²) in [4.78, 5) is 12.9. The van der Waals surface area contributed by atoms with E-state index in [0.717, 1.165) is 0 Å². The molecule has 2 aromatic rings.